The van der Waals surface area contributed by atoms with Gasteiger partial charge in [-0.1, -0.05) is 20.8 Å². The summed E-state index contributed by atoms with van der Waals surface area (Å²) in [5.74, 6) is -0.180. The number of pyridine rings is 1. The van der Waals surface area contributed by atoms with Gasteiger partial charge in [0.25, 0.3) is 5.91 Å². The van der Waals surface area contributed by atoms with Crippen molar-refractivity contribution < 1.29 is 9.53 Å². The minimum absolute atomic E-state index is 0.0769. The van der Waals surface area contributed by atoms with Gasteiger partial charge in [-0.15, -0.1) is 11.3 Å². The van der Waals surface area contributed by atoms with Gasteiger partial charge in [0.2, 0.25) is 5.43 Å². The number of amides is 1. The largest absolute Gasteiger partial charge is 0.491 e. The Bertz CT molecular complexity index is 756. The summed E-state index contributed by atoms with van der Waals surface area (Å²) in [6, 6.07) is 1.26. The predicted octanol–water partition coefficient (Wildman–Crippen LogP) is 2.40. The molecule has 0 aliphatic carbocycles. The Balaban J connectivity index is 2.25. The zero-order valence-electron chi connectivity index (χ0n) is 13.3. The number of nitrogens with one attached hydrogen (secondary N) is 1. The molecule has 118 valence electrons. The smallest absolute Gasteiger partial charge is 0.274 e. The lowest BCUT2D eigenvalue weighted by atomic mass is 9.93. The molecule has 0 aliphatic rings. The fraction of sp³-hybridized carbons (Fsp3) is 0.400. The van der Waals surface area contributed by atoms with E-state index in [1.54, 1.807) is 11.6 Å². The van der Waals surface area contributed by atoms with Gasteiger partial charge in [-0.05, 0) is 0 Å². The van der Waals surface area contributed by atoms with Crippen molar-refractivity contribution >= 4 is 22.4 Å². The van der Waals surface area contributed by atoms with E-state index in [4.69, 9.17) is 4.74 Å². The van der Waals surface area contributed by atoms with Crippen LogP contribution >= 0.6 is 11.3 Å². The molecule has 22 heavy (non-hydrogen) atoms. The maximum absolute atomic E-state index is 12.3. The Hall–Kier alpha value is -2.15. The second-order valence-electron chi connectivity index (χ2n) is 5.94. The quantitative estimate of drug-likeness (QED) is 0.942. The zero-order valence-corrected chi connectivity index (χ0v) is 14.1. The van der Waals surface area contributed by atoms with Gasteiger partial charge in [0.1, 0.15) is 5.69 Å². The number of hydrogen-bond acceptors (Lipinski definition) is 5. The first kappa shape index (κ1) is 16.2. The molecular weight excluding hydrogens is 302 g/mol. The molecule has 0 fully saturated rings. The van der Waals surface area contributed by atoms with Crippen molar-refractivity contribution in [2.75, 3.05) is 12.4 Å². The van der Waals surface area contributed by atoms with Crippen LogP contribution in [0.25, 0.3) is 0 Å². The Morgan fingerprint density at radius 3 is 2.64 bits per heavy atom. The van der Waals surface area contributed by atoms with Crippen molar-refractivity contribution in [2.24, 2.45) is 7.05 Å². The number of carbonyl (C=O) groups excluding carboxylic acids is 1. The number of methoxy groups -OCH3 is 1. The van der Waals surface area contributed by atoms with Gasteiger partial charge in [-0.3, -0.25) is 14.9 Å². The summed E-state index contributed by atoms with van der Waals surface area (Å²) in [7, 11) is 3.10. The monoisotopic (exact) mass is 321 g/mol. The van der Waals surface area contributed by atoms with Crippen LogP contribution in [0.4, 0.5) is 5.13 Å². The van der Waals surface area contributed by atoms with E-state index >= 15 is 0 Å². The minimum atomic E-state index is -0.378. The second kappa shape index (κ2) is 5.92. The summed E-state index contributed by atoms with van der Waals surface area (Å²) in [5.41, 5.74) is 0.752. The second-order valence-corrected chi connectivity index (χ2v) is 6.80. The van der Waals surface area contributed by atoms with Gasteiger partial charge in [0, 0.05) is 23.9 Å². The molecular formula is C15H19N3O3S. The van der Waals surface area contributed by atoms with Crippen molar-refractivity contribution in [1.82, 2.24) is 9.55 Å². The number of hydrogen-bond donors (Lipinski definition) is 1. The lowest BCUT2D eigenvalue weighted by Crippen LogP contribution is -2.21. The van der Waals surface area contributed by atoms with E-state index in [-0.39, 0.29) is 28.2 Å². The summed E-state index contributed by atoms with van der Waals surface area (Å²) in [6.07, 6.45) is 1.49. The zero-order chi connectivity index (χ0) is 16.5. The normalized spacial score (nSPS) is 11.3. The van der Waals surface area contributed by atoms with Crippen LogP contribution in [0.3, 0.4) is 0 Å². The molecule has 0 saturated carbocycles. The standard InChI is InChI=1S/C15H19N3O3S/c1-15(2,3)12-8-22-14(16-12)17-13(20)9-6-10(19)11(21-5)7-18(9)4/h6-8H,1-5H3,(H,16,17,20). The van der Waals surface area contributed by atoms with Gasteiger partial charge in [-0.25, -0.2) is 4.98 Å². The fourth-order valence-electron chi connectivity index (χ4n) is 1.82. The van der Waals surface area contributed by atoms with E-state index in [0.717, 1.165) is 5.69 Å². The molecule has 1 amide bonds. The molecule has 2 heterocycles. The van der Waals surface area contributed by atoms with Crippen molar-refractivity contribution in [3.8, 4) is 5.75 Å². The van der Waals surface area contributed by atoms with Crippen molar-refractivity contribution in [3.05, 3.63) is 39.3 Å². The highest BCUT2D eigenvalue weighted by atomic mass is 32.1. The summed E-state index contributed by atoms with van der Waals surface area (Å²) >= 11 is 1.36. The summed E-state index contributed by atoms with van der Waals surface area (Å²) in [6.45, 7) is 6.17. The number of ether oxygens (including phenoxy) is 1. The molecule has 2 aromatic heterocycles. The van der Waals surface area contributed by atoms with Gasteiger partial charge < -0.3 is 9.30 Å². The third-order valence-electron chi connectivity index (χ3n) is 3.15. The lowest BCUT2D eigenvalue weighted by molar-refractivity contribution is 0.101. The summed E-state index contributed by atoms with van der Waals surface area (Å²) < 4.78 is 6.49. The van der Waals surface area contributed by atoms with Gasteiger partial charge >= 0.3 is 0 Å². The van der Waals surface area contributed by atoms with Crippen LogP contribution in [0.2, 0.25) is 0 Å². The maximum Gasteiger partial charge on any atom is 0.274 e. The molecule has 0 atom stereocenters. The molecule has 0 spiro atoms. The highest BCUT2D eigenvalue weighted by Gasteiger charge is 2.19. The molecule has 0 bridgehead atoms. The third kappa shape index (κ3) is 3.36. The molecule has 0 radical (unpaired) electrons. The van der Waals surface area contributed by atoms with Crippen molar-refractivity contribution in [3.63, 3.8) is 0 Å². The maximum atomic E-state index is 12.3. The molecule has 0 aliphatic heterocycles. The number of anilines is 1. The van der Waals surface area contributed by atoms with Gasteiger partial charge in [0.05, 0.1) is 19.0 Å². The topological polar surface area (TPSA) is 73.2 Å². The average molecular weight is 321 g/mol. The van der Waals surface area contributed by atoms with E-state index in [9.17, 15) is 9.59 Å². The highest BCUT2D eigenvalue weighted by Crippen LogP contribution is 2.26. The van der Waals surface area contributed by atoms with E-state index in [1.807, 2.05) is 5.38 Å². The van der Waals surface area contributed by atoms with Crippen molar-refractivity contribution in [2.45, 2.75) is 26.2 Å². The van der Waals surface area contributed by atoms with Gasteiger partial charge in [-0.2, -0.15) is 0 Å². The van der Waals surface area contributed by atoms with Crippen LogP contribution < -0.4 is 15.5 Å². The first-order valence-corrected chi connectivity index (χ1v) is 7.62. The molecule has 0 saturated heterocycles. The number of aromatic nitrogens is 2. The molecule has 0 unspecified atom stereocenters. The number of rotatable bonds is 3. The van der Waals surface area contributed by atoms with E-state index in [2.05, 4.69) is 31.1 Å². The number of nitrogens with zero attached hydrogens (tertiary/aromatic N) is 2. The lowest BCUT2D eigenvalue weighted by Gasteiger charge is -2.14. The van der Waals surface area contributed by atoms with E-state index < -0.39 is 0 Å². The Kier molecular flexibility index (Phi) is 4.37. The summed E-state index contributed by atoms with van der Waals surface area (Å²) in [4.78, 5) is 28.5. The molecule has 1 N–H and O–H groups in total. The van der Waals surface area contributed by atoms with Crippen LogP contribution in [0.5, 0.6) is 5.75 Å². The SMILES string of the molecule is COc1cn(C)c(C(=O)Nc2nc(C(C)(C)C)cs2)cc1=O. The minimum Gasteiger partial charge on any atom is -0.491 e. The highest BCUT2D eigenvalue weighted by molar-refractivity contribution is 7.14. The van der Waals surface area contributed by atoms with Crippen LogP contribution in [0, 0.1) is 0 Å². The Morgan fingerprint density at radius 1 is 1.41 bits per heavy atom. The van der Waals surface area contributed by atoms with Gasteiger partial charge in [0.15, 0.2) is 10.9 Å². The number of carbonyl (C=O) groups is 1. The van der Waals surface area contributed by atoms with E-state index in [1.165, 1.54) is 30.7 Å². The Morgan fingerprint density at radius 2 is 2.09 bits per heavy atom. The molecule has 2 aromatic rings. The fourth-order valence-corrected chi connectivity index (χ4v) is 2.75. The molecule has 2 rings (SSSR count). The van der Waals surface area contributed by atoms with Crippen LogP contribution in [-0.2, 0) is 12.5 Å². The third-order valence-corrected chi connectivity index (χ3v) is 3.90. The molecule has 6 nitrogen and oxygen atoms in total. The van der Waals surface area contributed by atoms with Crippen LogP contribution in [-0.4, -0.2) is 22.6 Å². The van der Waals surface area contributed by atoms with Crippen molar-refractivity contribution in [1.29, 1.82) is 0 Å². The first-order valence-electron chi connectivity index (χ1n) is 6.74. The predicted molar refractivity (Wildman–Crippen MR) is 87.0 cm³/mol. The Labute approximate surface area is 132 Å². The van der Waals surface area contributed by atoms with E-state index in [0.29, 0.717) is 5.13 Å². The van der Waals surface area contributed by atoms with Crippen LogP contribution in [0.15, 0.2) is 22.4 Å². The number of aryl methyl sites for hydroxylation is 1. The average Bonchev–Trinajstić information content (AvgIpc) is 2.89. The summed E-state index contributed by atoms with van der Waals surface area (Å²) in [5, 5.41) is 5.16. The molecule has 7 heteroatoms. The van der Waals surface area contributed by atoms with Crippen LogP contribution in [0.1, 0.15) is 37.0 Å². The number of thiazole rings is 1. The first-order chi connectivity index (χ1) is 10.2. The molecule has 0 aromatic carbocycles.